The lowest BCUT2D eigenvalue weighted by molar-refractivity contribution is 0.0600. The zero-order valence-corrected chi connectivity index (χ0v) is 16.5. The van der Waals surface area contributed by atoms with E-state index in [1.165, 1.54) is 39.2 Å². The molecule has 0 aliphatic heterocycles. The Hall–Kier alpha value is -2.55. The number of methoxy groups -OCH3 is 1. The molecule has 0 N–H and O–H groups in total. The van der Waals surface area contributed by atoms with Gasteiger partial charge in [0.1, 0.15) is 5.75 Å². The second-order valence-corrected chi connectivity index (χ2v) is 6.64. The molecule has 2 aromatic carbocycles. The minimum atomic E-state index is -0.344. The second-order valence-electron chi connectivity index (χ2n) is 6.64. The molecule has 0 spiro atoms. The highest BCUT2D eigenvalue weighted by atomic mass is 16.5. The van der Waals surface area contributed by atoms with Crippen LogP contribution in [-0.4, -0.2) is 19.7 Å². The molecule has 0 saturated heterocycles. The molecule has 27 heavy (non-hydrogen) atoms. The van der Waals surface area contributed by atoms with E-state index in [0.717, 1.165) is 35.5 Å². The number of rotatable bonds is 11. The van der Waals surface area contributed by atoms with Crippen molar-refractivity contribution in [2.24, 2.45) is 0 Å². The van der Waals surface area contributed by atoms with Gasteiger partial charge in [-0.15, -0.1) is 0 Å². The van der Waals surface area contributed by atoms with Gasteiger partial charge < -0.3 is 9.47 Å². The first-order valence-corrected chi connectivity index (χ1v) is 9.77. The average molecular weight is 367 g/mol. The van der Waals surface area contributed by atoms with Crippen molar-refractivity contribution in [1.29, 1.82) is 0 Å². The molecular weight excluding hydrogens is 336 g/mol. The fourth-order valence-corrected chi connectivity index (χ4v) is 3.04. The Kier molecular flexibility index (Phi) is 8.63. The van der Waals surface area contributed by atoms with Crippen LogP contribution >= 0.6 is 0 Å². The van der Waals surface area contributed by atoms with Gasteiger partial charge in [-0.05, 0) is 47.4 Å². The minimum Gasteiger partial charge on any atom is -0.494 e. The normalized spacial score (nSPS) is 10.4. The summed E-state index contributed by atoms with van der Waals surface area (Å²) in [6, 6.07) is 13.6. The van der Waals surface area contributed by atoms with Gasteiger partial charge in [0.25, 0.3) is 0 Å². The third-order valence-corrected chi connectivity index (χ3v) is 4.62. The van der Waals surface area contributed by atoms with Crippen LogP contribution < -0.4 is 4.74 Å². The van der Waals surface area contributed by atoms with Crippen molar-refractivity contribution in [1.82, 2.24) is 0 Å². The summed E-state index contributed by atoms with van der Waals surface area (Å²) >= 11 is 0. The molecule has 0 aliphatic rings. The van der Waals surface area contributed by atoms with E-state index in [1.807, 2.05) is 30.3 Å². The number of carbonyl (C=O) groups excluding carboxylic acids is 1. The SMILES string of the molecule is C=Cc1cc(C(=O)OC)ccc1-c1ccc(OCCCCCCCC)cc1. The third-order valence-electron chi connectivity index (χ3n) is 4.62. The molecule has 0 fully saturated rings. The van der Waals surface area contributed by atoms with Crippen LogP contribution in [0, 0.1) is 0 Å². The van der Waals surface area contributed by atoms with Gasteiger partial charge >= 0.3 is 5.97 Å². The van der Waals surface area contributed by atoms with Crippen molar-refractivity contribution in [2.45, 2.75) is 45.4 Å². The molecule has 3 heteroatoms. The van der Waals surface area contributed by atoms with Crippen molar-refractivity contribution in [2.75, 3.05) is 13.7 Å². The van der Waals surface area contributed by atoms with E-state index in [4.69, 9.17) is 9.47 Å². The smallest absolute Gasteiger partial charge is 0.337 e. The number of unbranched alkanes of at least 4 members (excludes halogenated alkanes) is 5. The van der Waals surface area contributed by atoms with E-state index >= 15 is 0 Å². The first-order chi connectivity index (χ1) is 13.2. The number of benzene rings is 2. The topological polar surface area (TPSA) is 35.5 Å². The highest BCUT2D eigenvalue weighted by molar-refractivity contribution is 5.91. The van der Waals surface area contributed by atoms with Crippen LogP contribution in [-0.2, 0) is 4.74 Å². The van der Waals surface area contributed by atoms with Crippen LogP contribution in [0.3, 0.4) is 0 Å². The summed E-state index contributed by atoms with van der Waals surface area (Å²) < 4.78 is 10.6. The molecule has 0 heterocycles. The van der Waals surface area contributed by atoms with E-state index in [1.54, 1.807) is 18.2 Å². The molecule has 144 valence electrons. The van der Waals surface area contributed by atoms with Crippen molar-refractivity contribution in [3.63, 3.8) is 0 Å². The molecule has 0 saturated carbocycles. The fraction of sp³-hybridized carbons (Fsp3) is 0.375. The Labute approximate surface area is 163 Å². The van der Waals surface area contributed by atoms with Gasteiger partial charge in [0, 0.05) is 0 Å². The van der Waals surface area contributed by atoms with Gasteiger partial charge in [-0.1, -0.05) is 69.9 Å². The Morgan fingerprint density at radius 2 is 1.70 bits per heavy atom. The predicted octanol–water partition coefficient (Wildman–Crippen LogP) is 6.52. The summed E-state index contributed by atoms with van der Waals surface area (Å²) in [7, 11) is 1.38. The lowest BCUT2D eigenvalue weighted by Gasteiger charge is -2.10. The number of hydrogen-bond donors (Lipinski definition) is 0. The molecule has 0 unspecified atom stereocenters. The largest absolute Gasteiger partial charge is 0.494 e. The Morgan fingerprint density at radius 3 is 2.37 bits per heavy atom. The second kappa shape index (κ2) is 11.2. The van der Waals surface area contributed by atoms with Crippen LogP contribution in [0.4, 0.5) is 0 Å². The molecule has 2 aromatic rings. The number of carbonyl (C=O) groups is 1. The lowest BCUT2D eigenvalue weighted by Crippen LogP contribution is -2.01. The van der Waals surface area contributed by atoms with E-state index in [2.05, 4.69) is 13.5 Å². The quantitative estimate of drug-likeness (QED) is 0.335. The molecular formula is C24H30O3. The molecule has 0 amide bonds. The maximum atomic E-state index is 11.7. The summed E-state index contributed by atoms with van der Waals surface area (Å²) in [4.78, 5) is 11.7. The standard InChI is InChI=1S/C24H30O3/c1-4-6-7-8-9-10-17-27-22-14-11-20(12-15-22)23-16-13-21(24(25)26-3)18-19(23)5-2/h5,11-16,18H,2,4,6-10,17H2,1,3H3. The van der Waals surface area contributed by atoms with Crippen LogP contribution in [0.25, 0.3) is 17.2 Å². The van der Waals surface area contributed by atoms with Gasteiger partial charge in [-0.25, -0.2) is 4.79 Å². The molecule has 0 radical (unpaired) electrons. The molecule has 0 bridgehead atoms. The maximum Gasteiger partial charge on any atom is 0.337 e. The fourth-order valence-electron chi connectivity index (χ4n) is 3.04. The zero-order chi connectivity index (χ0) is 19.5. The summed E-state index contributed by atoms with van der Waals surface area (Å²) in [6.45, 7) is 6.86. The first kappa shape index (κ1) is 20.8. The monoisotopic (exact) mass is 366 g/mol. The number of esters is 1. The van der Waals surface area contributed by atoms with Crippen molar-refractivity contribution in [3.8, 4) is 16.9 Å². The molecule has 3 nitrogen and oxygen atoms in total. The molecule has 2 rings (SSSR count). The highest BCUT2D eigenvalue weighted by Gasteiger charge is 2.09. The van der Waals surface area contributed by atoms with Crippen molar-refractivity contribution in [3.05, 3.63) is 60.2 Å². The molecule has 0 atom stereocenters. The van der Waals surface area contributed by atoms with Gasteiger partial charge in [-0.3, -0.25) is 0 Å². The Bertz CT molecular complexity index is 732. The van der Waals surface area contributed by atoms with Gasteiger partial charge in [0.05, 0.1) is 19.3 Å². The van der Waals surface area contributed by atoms with Crippen LogP contribution in [0.2, 0.25) is 0 Å². The lowest BCUT2D eigenvalue weighted by atomic mass is 9.97. The Morgan fingerprint density at radius 1 is 1.00 bits per heavy atom. The molecule has 0 aromatic heterocycles. The van der Waals surface area contributed by atoms with Crippen LogP contribution in [0.15, 0.2) is 49.0 Å². The highest BCUT2D eigenvalue weighted by Crippen LogP contribution is 2.28. The van der Waals surface area contributed by atoms with E-state index in [-0.39, 0.29) is 5.97 Å². The molecule has 0 aliphatic carbocycles. The predicted molar refractivity (Wildman–Crippen MR) is 112 cm³/mol. The zero-order valence-electron chi connectivity index (χ0n) is 16.5. The average Bonchev–Trinajstić information content (AvgIpc) is 2.72. The van der Waals surface area contributed by atoms with Gasteiger partial charge in [0.2, 0.25) is 0 Å². The van der Waals surface area contributed by atoms with E-state index < -0.39 is 0 Å². The van der Waals surface area contributed by atoms with E-state index in [9.17, 15) is 4.79 Å². The van der Waals surface area contributed by atoms with Gasteiger partial charge in [-0.2, -0.15) is 0 Å². The van der Waals surface area contributed by atoms with Gasteiger partial charge in [0.15, 0.2) is 0 Å². The van der Waals surface area contributed by atoms with Crippen LogP contribution in [0.5, 0.6) is 5.75 Å². The number of ether oxygens (including phenoxy) is 2. The Balaban J connectivity index is 1.94. The number of hydrogen-bond acceptors (Lipinski definition) is 3. The summed E-state index contributed by atoms with van der Waals surface area (Å²) in [5, 5.41) is 0. The van der Waals surface area contributed by atoms with Crippen LogP contribution in [0.1, 0.15) is 61.4 Å². The summed E-state index contributed by atoms with van der Waals surface area (Å²) in [5.74, 6) is 0.543. The van der Waals surface area contributed by atoms with Crippen molar-refractivity contribution >= 4 is 12.0 Å². The van der Waals surface area contributed by atoms with E-state index in [0.29, 0.717) is 5.56 Å². The summed E-state index contributed by atoms with van der Waals surface area (Å²) in [5.41, 5.74) is 3.52. The first-order valence-electron chi connectivity index (χ1n) is 9.77. The maximum absolute atomic E-state index is 11.7. The third kappa shape index (κ3) is 6.28. The minimum absolute atomic E-state index is 0.344. The van der Waals surface area contributed by atoms with Crippen molar-refractivity contribution < 1.29 is 14.3 Å². The summed E-state index contributed by atoms with van der Waals surface area (Å²) in [6.07, 6.45) is 9.31.